The second-order valence-electron chi connectivity index (χ2n) is 4.30. The van der Waals surface area contributed by atoms with Crippen LogP contribution in [0.5, 0.6) is 0 Å². The van der Waals surface area contributed by atoms with Crippen molar-refractivity contribution in [1.82, 2.24) is 14.7 Å². The van der Waals surface area contributed by atoms with Crippen molar-refractivity contribution in [3.63, 3.8) is 0 Å². The summed E-state index contributed by atoms with van der Waals surface area (Å²) < 4.78 is 27.2. The fourth-order valence-corrected chi connectivity index (χ4v) is 4.18. The number of nitrogens with zero attached hydrogens (tertiary/aromatic N) is 2. The van der Waals surface area contributed by atoms with Crippen LogP contribution in [0, 0.1) is 13.8 Å². The van der Waals surface area contributed by atoms with Crippen LogP contribution in [-0.4, -0.2) is 18.4 Å². The average Bonchev–Trinajstić information content (AvgIpc) is 2.79. The molecule has 0 radical (unpaired) electrons. The van der Waals surface area contributed by atoms with Gasteiger partial charge < -0.3 is 5.73 Å². The lowest BCUT2D eigenvalue weighted by Gasteiger charge is -2.04. The Morgan fingerprint density at radius 2 is 2.15 bits per heavy atom. The van der Waals surface area contributed by atoms with Gasteiger partial charge in [-0.1, -0.05) is 0 Å². The molecule has 0 aromatic carbocycles. The van der Waals surface area contributed by atoms with Crippen LogP contribution in [0.1, 0.15) is 22.0 Å². The van der Waals surface area contributed by atoms with Crippen molar-refractivity contribution in [3.05, 3.63) is 40.3 Å². The van der Waals surface area contributed by atoms with Crippen LogP contribution in [0.2, 0.25) is 0 Å². The SMILES string of the molecule is Cc1nccc(CNS(=O)(=O)c2cc(C)c(CN)s2)n1. The predicted molar refractivity (Wildman–Crippen MR) is 77.7 cm³/mol. The van der Waals surface area contributed by atoms with Crippen LogP contribution in [0.3, 0.4) is 0 Å². The summed E-state index contributed by atoms with van der Waals surface area (Å²) in [5.74, 6) is 0.610. The molecule has 2 aromatic rings. The average molecular weight is 312 g/mol. The first-order valence-corrected chi connectivity index (χ1v) is 8.30. The molecule has 0 atom stereocenters. The van der Waals surface area contributed by atoms with E-state index >= 15 is 0 Å². The van der Waals surface area contributed by atoms with E-state index in [1.807, 2.05) is 6.92 Å². The number of aromatic nitrogens is 2. The Hall–Kier alpha value is -1.35. The molecule has 0 fully saturated rings. The van der Waals surface area contributed by atoms with Crippen LogP contribution < -0.4 is 10.5 Å². The molecule has 2 rings (SSSR count). The van der Waals surface area contributed by atoms with E-state index < -0.39 is 10.0 Å². The zero-order valence-electron chi connectivity index (χ0n) is 11.3. The Labute approximate surface area is 122 Å². The number of rotatable bonds is 5. The van der Waals surface area contributed by atoms with Gasteiger partial charge >= 0.3 is 0 Å². The lowest BCUT2D eigenvalue weighted by molar-refractivity contribution is 0.582. The van der Waals surface area contributed by atoms with Gasteiger partial charge in [0.1, 0.15) is 10.0 Å². The number of hydrogen-bond donors (Lipinski definition) is 2. The highest BCUT2D eigenvalue weighted by Gasteiger charge is 2.18. The Morgan fingerprint density at radius 1 is 1.40 bits per heavy atom. The summed E-state index contributed by atoms with van der Waals surface area (Å²) in [4.78, 5) is 9.00. The molecule has 0 aliphatic rings. The number of thiophene rings is 1. The van der Waals surface area contributed by atoms with Crippen molar-refractivity contribution >= 4 is 21.4 Å². The smallest absolute Gasteiger partial charge is 0.250 e. The molecule has 0 saturated carbocycles. The minimum atomic E-state index is -3.53. The monoisotopic (exact) mass is 312 g/mol. The first-order valence-electron chi connectivity index (χ1n) is 6.00. The molecule has 20 heavy (non-hydrogen) atoms. The van der Waals surface area contributed by atoms with Gasteiger partial charge in [-0.3, -0.25) is 0 Å². The summed E-state index contributed by atoms with van der Waals surface area (Å²) in [6.07, 6.45) is 1.60. The zero-order chi connectivity index (χ0) is 14.8. The van der Waals surface area contributed by atoms with E-state index in [2.05, 4.69) is 14.7 Å². The first-order chi connectivity index (χ1) is 9.42. The molecule has 2 aromatic heterocycles. The number of nitrogens with one attached hydrogen (secondary N) is 1. The number of sulfonamides is 1. The van der Waals surface area contributed by atoms with Crippen molar-refractivity contribution < 1.29 is 8.42 Å². The topological polar surface area (TPSA) is 98.0 Å². The highest BCUT2D eigenvalue weighted by Crippen LogP contribution is 2.25. The van der Waals surface area contributed by atoms with Gasteiger partial charge in [0.2, 0.25) is 10.0 Å². The van der Waals surface area contributed by atoms with Crippen LogP contribution in [0.4, 0.5) is 0 Å². The van der Waals surface area contributed by atoms with Gasteiger partial charge in [-0.2, -0.15) is 0 Å². The van der Waals surface area contributed by atoms with Crippen LogP contribution in [0.25, 0.3) is 0 Å². The van der Waals surface area contributed by atoms with Gasteiger partial charge in [-0.05, 0) is 31.5 Å². The lowest BCUT2D eigenvalue weighted by Crippen LogP contribution is -2.23. The van der Waals surface area contributed by atoms with E-state index in [1.54, 1.807) is 25.3 Å². The molecule has 0 saturated heterocycles. The molecule has 0 bridgehead atoms. The highest BCUT2D eigenvalue weighted by atomic mass is 32.2. The largest absolute Gasteiger partial charge is 0.326 e. The van der Waals surface area contributed by atoms with E-state index in [0.29, 0.717) is 18.1 Å². The minimum Gasteiger partial charge on any atom is -0.326 e. The quantitative estimate of drug-likeness (QED) is 0.861. The highest BCUT2D eigenvalue weighted by molar-refractivity contribution is 7.91. The predicted octanol–water partition coefficient (Wildman–Crippen LogP) is 1.09. The lowest BCUT2D eigenvalue weighted by atomic mass is 10.3. The normalized spacial score (nSPS) is 11.8. The molecular formula is C12H16N4O2S2. The Bertz CT molecular complexity index is 710. The molecule has 108 valence electrons. The maximum Gasteiger partial charge on any atom is 0.250 e. The fraction of sp³-hybridized carbons (Fsp3) is 0.333. The second-order valence-corrected chi connectivity index (χ2v) is 7.43. The third-order valence-corrected chi connectivity index (χ3v) is 5.86. The molecule has 2 heterocycles. The Balaban J connectivity index is 2.15. The third-order valence-electron chi connectivity index (χ3n) is 2.73. The molecule has 0 aliphatic carbocycles. The van der Waals surface area contributed by atoms with Crippen molar-refractivity contribution in [1.29, 1.82) is 0 Å². The Morgan fingerprint density at radius 3 is 2.75 bits per heavy atom. The standard InChI is InChI=1S/C12H16N4O2S2/c1-8-5-12(19-11(8)6-13)20(17,18)15-7-10-3-4-14-9(2)16-10/h3-5,15H,6-7,13H2,1-2H3. The summed E-state index contributed by atoms with van der Waals surface area (Å²) >= 11 is 1.20. The maximum atomic E-state index is 12.2. The van der Waals surface area contributed by atoms with Gasteiger partial charge in [0.15, 0.2) is 0 Å². The van der Waals surface area contributed by atoms with E-state index in [0.717, 1.165) is 10.4 Å². The molecule has 3 N–H and O–H groups in total. The van der Waals surface area contributed by atoms with Crippen molar-refractivity contribution in [2.75, 3.05) is 0 Å². The summed E-state index contributed by atoms with van der Waals surface area (Å²) in [7, 11) is -3.53. The van der Waals surface area contributed by atoms with Crippen molar-refractivity contribution in [2.45, 2.75) is 31.1 Å². The van der Waals surface area contributed by atoms with E-state index in [-0.39, 0.29) is 10.8 Å². The second kappa shape index (κ2) is 5.96. The third kappa shape index (κ3) is 3.40. The summed E-state index contributed by atoms with van der Waals surface area (Å²) in [5, 5.41) is 0. The van der Waals surface area contributed by atoms with E-state index in [4.69, 9.17) is 5.73 Å². The van der Waals surface area contributed by atoms with Crippen molar-refractivity contribution in [3.8, 4) is 0 Å². The van der Waals surface area contributed by atoms with Crippen LogP contribution in [-0.2, 0) is 23.1 Å². The molecule has 6 nitrogen and oxygen atoms in total. The first kappa shape index (κ1) is 15.0. The van der Waals surface area contributed by atoms with Gasteiger partial charge in [-0.15, -0.1) is 11.3 Å². The summed E-state index contributed by atoms with van der Waals surface area (Å²) in [5.41, 5.74) is 7.10. The van der Waals surface area contributed by atoms with Gasteiger partial charge in [0.25, 0.3) is 0 Å². The van der Waals surface area contributed by atoms with Crippen molar-refractivity contribution in [2.24, 2.45) is 5.73 Å². The fourth-order valence-electron chi connectivity index (χ4n) is 1.67. The molecule has 0 aliphatic heterocycles. The summed E-state index contributed by atoms with van der Waals surface area (Å²) in [6.45, 7) is 4.09. The maximum absolute atomic E-state index is 12.2. The van der Waals surface area contributed by atoms with Gasteiger partial charge in [0.05, 0.1) is 12.2 Å². The number of nitrogens with two attached hydrogens (primary N) is 1. The van der Waals surface area contributed by atoms with E-state index in [1.165, 1.54) is 11.3 Å². The van der Waals surface area contributed by atoms with Crippen LogP contribution in [0.15, 0.2) is 22.5 Å². The van der Waals surface area contributed by atoms with Gasteiger partial charge in [0, 0.05) is 17.6 Å². The molecule has 0 amide bonds. The zero-order valence-corrected chi connectivity index (χ0v) is 12.9. The molecule has 0 spiro atoms. The minimum absolute atomic E-state index is 0.139. The van der Waals surface area contributed by atoms with Gasteiger partial charge in [-0.25, -0.2) is 23.1 Å². The number of hydrogen-bond acceptors (Lipinski definition) is 6. The van der Waals surface area contributed by atoms with Crippen LogP contribution >= 0.6 is 11.3 Å². The molecule has 8 heteroatoms. The number of aryl methyl sites for hydroxylation is 2. The Kier molecular flexibility index (Phi) is 4.48. The summed E-state index contributed by atoms with van der Waals surface area (Å²) in [6, 6.07) is 3.32. The van der Waals surface area contributed by atoms with E-state index in [9.17, 15) is 8.42 Å². The molecular weight excluding hydrogens is 296 g/mol. The molecule has 0 unspecified atom stereocenters.